The predicted octanol–water partition coefficient (Wildman–Crippen LogP) is 2.16. The summed E-state index contributed by atoms with van der Waals surface area (Å²) >= 11 is 0. The monoisotopic (exact) mass is 301 g/mol. The molecule has 0 saturated carbocycles. The predicted molar refractivity (Wildman–Crippen MR) is 81.6 cm³/mol. The average molecular weight is 302 g/mol. The summed E-state index contributed by atoms with van der Waals surface area (Å²) in [7, 11) is 0. The van der Waals surface area contributed by atoms with E-state index in [1.807, 2.05) is 24.3 Å². The molecular weight excluding hydrogens is 285 g/mol. The molecule has 1 atom stereocenters. The highest BCUT2D eigenvalue weighted by Gasteiger charge is 2.16. The minimum absolute atomic E-state index is 0. The van der Waals surface area contributed by atoms with E-state index < -0.39 is 0 Å². The van der Waals surface area contributed by atoms with Crippen LogP contribution in [0.15, 0.2) is 35.4 Å². The van der Waals surface area contributed by atoms with Crippen molar-refractivity contribution < 1.29 is 0 Å². The molecular formula is C13H17Cl2N3O. The Morgan fingerprint density at radius 2 is 2.05 bits per heavy atom. The number of nitrogens with zero attached hydrogens (tertiary/aromatic N) is 2. The molecule has 6 heteroatoms. The minimum Gasteiger partial charge on any atom is -0.315 e. The Bertz CT molecular complexity index is 594. The van der Waals surface area contributed by atoms with E-state index in [-0.39, 0.29) is 36.4 Å². The summed E-state index contributed by atoms with van der Waals surface area (Å²) in [5.41, 5.74) is 0.849. The molecule has 19 heavy (non-hydrogen) atoms. The van der Waals surface area contributed by atoms with Gasteiger partial charge in [0.25, 0.3) is 5.56 Å². The number of rotatable bonds is 1. The van der Waals surface area contributed by atoms with E-state index in [1.165, 1.54) is 0 Å². The van der Waals surface area contributed by atoms with Crippen LogP contribution in [0.4, 0.5) is 0 Å². The number of para-hydroxylation sites is 1. The van der Waals surface area contributed by atoms with Crippen LogP contribution in [0, 0.1) is 0 Å². The van der Waals surface area contributed by atoms with Crippen LogP contribution < -0.4 is 10.9 Å². The minimum atomic E-state index is 0. The Hall–Kier alpha value is -1.10. The molecule has 2 aromatic rings. The van der Waals surface area contributed by atoms with Gasteiger partial charge in [0, 0.05) is 6.54 Å². The zero-order chi connectivity index (χ0) is 11.7. The molecule has 1 aromatic heterocycles. The van der Waals surface area contributed by atoms with Gasteiger partial charge in [0.15, 0.2) is 0 Å². The summed E-state index contributed by atoms with van der Waals surface area (Å²) in [6, 6.07) is 7.75. The number of fused-ring (bicyclic) bond motifs is 1. The van der Waals surface area contributed by atoms with Gasteiger partial charge in [0.05, 0.1) is 23.3 Å². The lowest BCUT2D eigenvalue weighted by molar-refractivity contribution is 0.363. The molecule has 0 bridgehead atoms. The number of piperidine rings is 1. The summed E-state index contributed by atoms with van der Waals surface area (Å²) in [5, 5.41) is 4.03. The first kappa shape index (κ1) is 16.0. The zero-order valence-electron chi connectivity index (χ0n) is 10.4. The third kappa shape index (κ3) is 3.08. The molecule has 0 spiro atoms. The summed E-state index contributed by atoms with van der Waals surface area (Å²) < 4.78 is 1.77. The van der Waals surface area contributed by atoms with Crippen LogP contribution >= 0.6 is 24.8 Å². The van der Waals surface area contributed by atoms with Gasteiger partial charge in [-0.25, -0.2) is 4.98 Å². The van der Waals surface area contributed by atoms with Gasteiger partial charge in [0.2, 0.25) is 0 Å². The number of halogens is 2. The highest BCUT2D eigenvalue weighted by atomic mass is 35.5. The molecule has 2 heterocycles. The van der Waals surface area contributed by atoms with Crippen molar-refractivity contribution in [3.8, 4) is 0 Å². The maximum absolute atomic E-state index is 12.3. The third-order valence-corrected chi connectivity index (χ3v) is 3.35. The van der Waals surface area contributed by atoms with E-state index >= 15 is 0 Å². The van der Waals surface area contributed by atoms with Crippen molar-refractivity contribution >= 4 is 35.7 Å². The van der Waals surface area contributed by atoms with Gasteiger partial charge >= 0.3 is 0 Å². The van der Waals surface area contributed by atoms with Gasteiger partial charge in [-0.15, -0.1) is 24.8 Å². The standard InChI is InChI=1S/C13H15N3O.2ClH/c17-13-11-5-1-2-6-12(11)15-9-16(13)10-4-3-7-14-8-10;;/h1-2,5-6,9-10,14H,3-4,7-8H2;2*1H. The molecule has 1 aliphatic heterocycles. The molecule has 1 N–H and O–H groups in total. The molecule has 1 saturated heterocycles. The van der Waals surface area contributed by atoms with Crippen molar-refractivity contribution in [2.45, 2.75) is 18.9 Å². The quantitative estimate of drug-likeness (QED) is 0.878. The fourth-order valence-corrected chi connectivity index (χ4v) is 2.41. The smallest absolute Gasteiger partial charge is 0.261 e. The average Bonchev–Trinajstić information content (AvgIpc) is 2.40. The number of hydrogen-bond acceptors (Lipinski definition) is 3. The van der Waals surface area contributed by atoms with E-state index in [1.54, 1.807) is 10.9 Å². The number of nitrogens with one attached hydrogen (secondary N) is 1. The molecule has 0 amide bonds. The number of hydrogen-bond donors (Lipinski definition) is 1. The van der Waals surface area contributed by atoms with Gasteiger partial charge in [0.1, 0.15) is 0 Å². The van der Waals surface area contributed by atoms with Crippen LogP contribution in [0.5, 0.6) is 0 Å². The fourth-order valence-electron chi connectivity index (χ4n) is 2.41. The second-order valence-corrected chi connectivity index (χ2v) is 4.47. The molecule has 1 aliphatic rings. The molecule has 3 rings (SSSR count). The van der Waals surface area contributed by atoms with E-state index in [0.717, 1.165) is 31.4 Å². The maximum Gasteiger partial charge on any atom is 0.261 e. The van der Waals surface area contributed by atoms with Gasteiger partial charge in [-0.05, 0) is 31.5 Å². The molecule has 0 aliphatic carbocycles. The van der Waals surface area contributed by atoms with Crippen molar-refractivity contribution in [1.29, 1.82) is 0 Å². The van der Waals surface area contributed by atoms with E-state index in [9.17, 15) is 4.79 Å². The molecule has 1 fully saturated rings. The van der Waals surface area contributed by atoms with E-state index in [0.29, 0.717) is 5.39 Å². The van der Waals surface area contributed by atoms with Gasteiger partial charge < -0.3 is 5.32 Å². The Labute approximate surface area is 124 Å². The second kappa shape index (κ2) is 6.89. The first-order chi connectivity index (χ1) is 8.36. The van der Waals surface area contributed by atoms with Crippen molar-refractivity contribution in [2.75, 3.05) is 13.1 Å². The molecule has 1 unspecified atom stereocenters. The first-order valence-electron chi connectivity index (χ1n) is 6.03. The second-order valence-electron chi connectivity index (χ2n) is 4.47. The van der Waals surface area contributed by atoms with Crippen molar-refractivity contribution in [1.82, 2.24) is 14.9 Å². The molecule has 4 nitrogen and oxygen atoms in total. The Balaban J connectivity index is 0.000000902. The number of aromatic nitrogens is 2. The molecule has 1 aromatic carbocycles. The Morgan fingerprint density at radius 3 is 2.79 bits per heavy atom. The third-order valence-electron chi connectivity index (χ3n) is 3.35. The van der Waals surface area contributed by atoms with Crippen molar-refractivity contribution in [3.63, 3.8) is 0 Å². The lowest BCUT2D eigenvalue weighted by Gasteiger charge is -2.24. The lowest BCUT2D eigenvalue weighted by atomic mass is 10.1. The summed E-state index contributed by atoms with van der Waals surface area (Å²) in [6.07, 6.45) is 3.85. The summed E-state index contributed by atoms with van der Waals surface area (Å²) in [5.74, 6) is 0. The van der Waals surface area contributed by atoms with Gasteiger partial charge in [-0.3, -0.25) is 9.36 Å². The van der Waals surface area contributed by atoms with E-state index in [2.05, 4.69) is 10.3 Å². The van der Waals surface area contributed by atoms with Crippen LogP contribution in [0.25, 0.3) is 10.9 Å². The topological polar surface area (TPSA) is 46.9 Å². The Kier molecular flexibility index (Phi) is 5.79. The van der Waals surface area contributed by atoms with Crippen LogP contribution in [0.3, 0.4) is 0 Å². The lowest BCUT2D eigenvalue weighted by Crippen LogP contribution is -2.36. The molecule has 0 radical (unpaired) electrons. The normalized spacial score (nSPS) is 18.4. The largest absolute Gasteiger partial charge is 0.315 e. The van der Waals surface area contributed by atoms with Gasteiger partial charge in [-0.2, -0.15) is 0 Å². The van der Waals surface area contributed by atoms with Crippen LogP contribution in [0.1, 0.15) is 18.9 Å². The molecule has 104 valence electrons. The fraction of sp³-hybridized carbons (Fsp3) is 0.385. The van der Waals surface area contributed by atoms with E-state index in [4.69, 9.17) is 0 Å². The highest BCUT2D eigenvalue weighted by Crippen LogP contribution is 2.15. The maximum atomic E-state index is 12.3. The highest BCUT2D eigenvalue weighted by molar-refractivity contribution is 5.85. The summed E-state index contributed by atoms with van der Waals surface area (Å²) in [4.78, 5) is 16.7. The summed E-state index contributed by atoms with van der Waals surface area (Å²) in [6.45, 7) is 1.91. The first-order valence-corrected chi connectivity index (χ1v) is 6.03. The van der Waals surface area contributed by atoms with Gasteiger partial charge in [-0.1, -0.05) is 12.1 Å². The van der Waals surface area contributed by atoms with Crippen molar-refractivity contribution in [3.05, 3.63) is 40.9 Å². The Morgan fingerprint density at radius 1 is 1.26 bits per heavy atom. The van der Waals surface area contributed by atoms with Crippen LogP contribution in [-0.4, -0.2) is 22.6 Å². The van der Waals surface area contributed by atoms with Crippen LogP contribution in [-0.2, 0) is 0 Å². The number of benzene rings is 1. The van der Waals surface area contributed by atoms with Crippen molar-refractivity contribution in [2.24, 2.45) is 0 Å². The zero-order valence-corrected chi connectivity index (χ0v) is 12.0. The SMILES string of the molecule is Cl.Cl.O=c1c2ccccc2ncn1C1CCCNC1. The van der Waals surface area contributed by atoms with Crippen LogP contribution in [0.2, 0.25) is 0 Å².